The minimum absolute atomic E-state index is 0.165. The molecule has 3 aromatic rings. The second kappa shape index (κ2) is 11.5. The Labute approximate surface area is 216 Å². The van der Waals surface area contributed by atoms with Crippen molar-refractivity contribution in [1.29, 1.82) is 10.5 Å². The standard InChI is InChI=1S/C29H26ClN3O3/c1-19(33-28(35)29(2,3)36-27(34)24-9-5-7-22(15-24)18-32)26(16-20-10-12-25(30)13-11-20)23-8-4-6-21(14-23)17-31/h4-15,19,26H,16H2,1-3H3,(H,33,35)/t19-,26+/m0/s1. The van der Waals surface area contributed by atoms with Crippen LogP contribution >= 0.6 is 11.6 Å². The molecule has 0 saturated carbocycles. The molecule has 0 radical (unpaired) electrons. The second-order valence-electron chi connectivity index (χ2n) is 9.03. The van der Waals surface area contributed by atoms with Crippen LogP contribution in [0.15, 0.2) is 72.8 Å². The first-order valence-electron chi connectivity index (χ1n) is 11.4. The van der Waals surface area contributed by atoms with Crippen LogP contribution in [0.3, 0.4) is 0 Å². The molecule has 3 aromatic carbocycles. The number of benzene rings is 3. The van der Waals surface area contributed by atoms with E-state index in [9.17, 15) is 14.9 Å². The summed E-state index contributed by atoms with van der Waals surface area (Å²) >= 11 is 6.04. The zero-order valence-electron chi connectivity index (χ0n) is 20.3. The quantitative estimate of drug-likeness (QED) is 0.409. The Morgan fingerprint density at radius 2 is 1.58 bits per heavy atom. The van der Waals surface area contributed by atoms with Crippen molar-refractivity contribution in [3.05, 3.63) is 106 Å². The molecule has 0 aromatic heterocycles. The van der Waals surface area contributed by atoms with E-state index in [-0.39, 0.29) is 17.5 Å². The number of esters is 1. The summed E-state index contributed by atoms with van der Waals surface area (Å²) in [4.78, 5) is 25.9. The molecule has 7 heteroatoms. The Balaban J connectivity index is 1.80. The summed E-state index contributed by atoms with van der Waals surface area (Å²) in [7, 11) is 0. The molecule has 182 valence electrons. The van der Waals surface area contributed by atoms with Gasteiger partial charge in [-0.25, -0.2) is 4.79 Å². The maximum atomic E-state index is 13.2. The molecule has 2 atom stereocenters. The van der Waals surface area contributed by atoms with Crippen LogP contribution < -0.4 is 5.32 Å². The Bertz CT molecular complexity index is 1340. The highest BCUT2D eigenvalue weighted by molar-refractivity contribution is 6.30. The van der Waals surface area contributed by atoms with Crippen molar-refractivity contribution in [3.8, 4) is 12.1 Å². The molecule has 0 saturated heterocycles. The molecular formula is C29H26ClN3O3. The number of hydrogen-bond acceptors (Lipinski definition) is 5. The van der Waals surface area contributed by atoms with Crippen LogP contribution in [0.2, 0.25) is 5.02 Å². The van der Waals surface area contributed by atoms with E-state index in [2.05, 4.69) is 11.4 Å². The van der Waals surface area contributed by atoms with Crippen LogP contribution in [-0.2, 0) is 16.0 Å². The molecule has 1 N–H and O–H groups in total. The highest BCUT2D eigenvalue weighted by Crippen LogP contribution is 2.27. The van der Waals surface area contributed by atoms with E-state index in [1.807, 2.05) is 55.5 Å². The van der Waals surface area contributed by atoms with Crippen molar-refractivity contribution in [1.82, 2.24) is 5.32 Å². The van der Waals surface area contributed by atoms with Gasteiger partial charge in [0.05, 0.1) is 28.8 Å². The first kappa shape index (κ1) is 26.5. The fourth-order valence-corrected chi connectivity index (χ4v) is 3.96. The lowest BCUT2D eigenvalue weighted by Crippen LogP contribution is -2.50. The Morgan fingerprint density at radius 3 is 2.22 bits per heavy atom. The van der Waals surface area contributed by atoms with E-state index >= 15 is 0 Å². The minimum atomic E-state index is -1.46. The van der Waals surface area contributed by atoms with Gasteiger partial charge in [-0.1, -0.05) is 41.9 Å². The van der Waals surface area contributed by atoms with Crippen molar-refractivity contribution in [2.75, 3.05) is 0 Å². The Kier molecular flexibility index (Phi) is 8.48. The number of carbonyl (C=O) groups is 2. The van der Waals surface area contributed by atoms with E-state index in [0.717, 1.165) is 11.1 Å². The van der Waals surface area contributed by atoms with Gasteiger partial charge < -0.3 is 10.1 Å². The average molecular weight is 500 g/mol. The highest BCUT2D eigenvalue weighted by Gasteiger charge is 2.35. The van der Waals surface area contributed by atoms with Crippen LogP contribution in [0, 0.1) is 22.7 Å². The smallest absolute Gasteiger partial charge is 0.339 e. The molecule has 1 amide bonds. The topological polar surface area (TPSA) is 103 Å². The summed E-state index contributed by atoms with van der Waals surface area (Å²) in [5.41, 5.74) is 1.51. The van der Waals surface area contributed by atoms with Crippen LogP contribution in [0.5, 0.6) is 0 Å². The third-order valence-electron chi connectivity index (χ3n) is 5.90. The summed E-state index contributed by atoms with van der Waals surface area (Å²) in [5.74, 6) is -1.32. The molecule has 3 rings (SSSR count). The van der Waals surface area contributed by atoms with Gasteiger partial charge in [-0.3, -0.25) is 4.79 Å². The van der Waals surface area contributed by atoms with Crippen molar-refractivity contribution < 1.29 is 14.3 Å². The van der Waals surface area contributed by atoms with Crippen molar-refractivity contribution in [2.45, 2.75) is 44.8 Å². The molecule has 0 spiro atoms. The summed E-state index contributed by atoms with van der Waals surface area (Å²) in [6, 6.07) is 24.7. The first-order valence-corrected chi connectivity index (χ1v) is 11.8. The maximum absolute atomic E-state index is 13.2. The highest BCUT2D eigenvalue weighted by atomic mass is 35.5. The van der Waals surface area contributed by atoms with Gasteiger partial charge in [0.25, 0.3) is 5.91 Å². The number of nitrogens with one attached hydrogen (secondary N) is 1. The summed E-state index contributed by atoms with van der Waals surface area (Å²) < 4.78 is 5.52. The molecule has 0 bridgehead atoms. The molecule has 0 aliphatic heterocycles. The van der Waals surface area contributed by atoms with Crippen LogP contribution in [-0.4, -0.2) is 23.5 Å². The van der Waals surface area contributed by atoms with Gasteiger partial charge in [0, 0.05) is 17.0 Å². The molecule has 0 fully saturated rings. The van der Waals surface area contributed by atoms with Gasteiger partial charge in [0.2, 0.25) is 0 Å². The number of nitriles is 2. The summed E-state index contributed by atoms with van der Waals surface area (Å²) in [6.45, 7) is 4.92. The Morgan fingerprint density at radius 1 is 0.972 bits per heavy atom. The van der Waals surface area contributed by atoms with E-state index in [1.54, 1.807) is 18.2 Å². The molecule has 0 unspecified atom stereocenters. The van der Waals surface area contributed by atoms with E-state index in [4.69, 9.17) is 21.6 Å². The van der Waals surface area contributed by atoms with Crippen LogP contribution in [0.4, 0.5) is 0 Å². The maximum Gasteiger partial charge on any atom is 0.339 e. The third-order valence-corrected chi connectivity index (χ3v) is 6.15. The fourth-order valence-electron chi connectivity index (χ4n) is 3.83. The number of rotatable bonds is 8. The predicted octanol–water partition coefficient (Wildman–Crippen LogP) is 5.55. The normalized spacial score (nSPS) is 12.5. The van der Waals surface area contributed by atoms with E-state index < -0.39 is 17.5 Å². The first-order chi connectivity index (χ1) is 17.1. The van der Waals surface area contributed by atoms with Crippen molar-refractivity contribution >= 4 is 23.5 Å². The number of hydrogen-bond donors (Lipinski definition) is 1. The van der Waals surface area contributed by atoms with Gasteiger partial charge in [0.1, 0.15) is 0 Å². The summed E-state index contributed by atoms with van der Waals surface area (Å²) in [5, 5.41) is 22.1. The van der Waals surface area contributed by atoms with Crippen molar-refractivity contribution in [2.24, 2.45) is 0 Å². The van der Waals surface area contributed by atoms with E-state index in [0.29, 0.717) is 22.6 Å². The second-order valence-corrected chi connectivity index (χ2v) is 9.47. The SMILES string of the molecule is C[C@H](NC(=O)C(C)(C)OC(=O)c1cccc(C#N)c1)[C@@H](Cc1ccc(Cl)cc1)c1cccc(C#N)c1. The number of amides is 1. The van der Waals surface area contributed by atoms with Gasteiger partial charge >= 0.3 is 5.97 Å². The summed E-state index contributed by atoms with van der Waals surface area (Å²) in [6.07, 6.45) is 0.592. The molecule has 0 aliphatic carbocycles. The predicted molar refractivity (Wildman–Crippen MR) is 137 cm³/mol. The molecular weight excluding hydrogens is 474 g/mol. The number of halogens is 1. The van der Waals surface area contributed by atoms with Gasteiger partial charge in [-0.05, 0) is 80.8 Å². The zero-order valence-corrected chi connectivity index (χ0v) is 21.0. The molecule has 36 heavy (non-hydrogen) atoms. The number of nitrogens with zero attached hydrogens (tertiary/aromatic N) is 2. The van der Waals surface area contributed by atoms with Gasteiger partial charge in [-0.2, -0.15) is 10.5 Å². The molecule has 0 aliphatic rings. The lowest BCUT2D eigenvalue weighted by atomic mass is 9.85. The molecule has 0 heterocycles. The third kappa shape index (κ3) is 6.72. The van der Waals surface area contributed by atoms with Crippen LogP contribution in [0.25, 0.3) is 0 Å². The zero-order chi connectivity index (χ0) is 26.3. The largest absolute Gasteiger partial charge is 0.446 e. The van der Waals surface area contributed by atoms with E-state index in [1.165, 1.54) is 26.0 Å². The van der Waals surface area contributed by atoms with Gasteiger partial charge in [-0.15, -0.1) is 0 Å². The fraction of sp³-hybridized carbons (Fsp3) is 0.241. The van der Waals surface area contributed by atoms with Crippen LogP contribution in [0.1, 0.15) is 59.3 Å². The lowest BCUT2D eigenvalue weighted by molar-refractivity contribution is -0.138. The molecule has 6 nitrogen and oxygen atoms in total. The lowest BCUT2D eigenvalue weighted by Gasteiger charge is -2.30. The number of carbonyl (C=O) groups excluding carboxylic acids is 2. The number of ether oxygens (including phenoxy) is 1. The van der Waals surface area contributed by atoms with Gasteiger partial charge in [0.15, 0.2) is 5.60 Å². The Hall–Kier alpha value is -4.13. The average Bonchev–Trinajstić information content (AvgIpc) is 2.88. The van der Waals surface area contributed by atoms with Crippen molar-refractivity contribution in [3.63, 3.8) is 0 Å². The minimum Gasteiger partial charge on any atom is -0.446 e. The monoisotopic (exact) mass is 499 g/mol.